The predicted molar refractivity (Wildman–Crippen MR) is 98.1 cm³/mol. The lowest BCUT2D eigenvalue weighted by Crippen LogP contribution is -2.15. The molecule has 0 bridgehead atoms. The molecule has 0 saturated heterocycles. The summed E-state index contributed by atoms with van der Waals surface area (Å²) < 4.78 is 2.29. The normalized spacial score (nSPS) is 11.5. The van der Waals surface area contributed by atoms with Crippen LogP contribution >= 0.6 is 11.6 Å². The van der Waals surface area contributed by atoms with E-state index >= 15 is 0 Å². The van der Waals surface area contributed by atoms with Gasteiger partial charge in [0, 0.05) is 17.1 Å². The molecule has 3 nitrogen and oxygen atoms in total. The second kappa shape index (κ2) is 6.73. The van der Waals surface area contributed by atoms with Gasteiger partial charge < -0.3 is 9.47 Å². The van der Waals surface area contributed by atoms with Gasteiger partial charge in [0.15, 0.2) is 0 Å². The highest BCUT2D eigenvalue weighted by molar-refractivity contribution is 6.31. The van der Waals surface area contributed by atoms with Gasteiger partial charge >= 0.3 is 0 Å². The smallest absolute Gasteiger partial charge is 0.141 e. The molecule has 0 aliphatic heterocycles. The van der Waals surface area contributed by atoms with Gasteiger partial charge in [-0.15, -0.1) is 0 Å². The van der Waals surface area contributed by atoms with Crippen molar-refractivity contribution in [2.45, 2.75) is 19.9 Å². The number of imidazole rings is 1. The Kier molecular flexibility index (Phi) is 4.69. The highest BCUT2D eigenvalue weighted by Gasteiger charge is 2.13. The topological polar surface area (TPSA) is 21.1 Å². The first-order valence-corrected chi connectivity index (χ1v) is 8.30. The molecule has 0 radical (unpaired) electrons. The van der Waals surface area contributed by atoms with Crippen molar-refractivity contribution >= 4 is 22.6 Å². The molecule has 3 rings (SSSR count). The maximum absolute atomic E-state index is 6.21. The summed E-state index contributed by atoms with van der Waals surface area (Å²) in [7, 11) is 4.20. The molecular formula is C19H22ClN3. The molecule has 23 heavy (non-hydrogen) atoms. The molecule has 0 N–H and O–H groups in total. The van der Waals surface area contributed by atoms with Crippen LogP contribution in [0.15, 0.2) is 42.5 Å². The maximum atomic E-state index is 6.21. The Balaban J connectivity index is 2.08. The van der Waals surface area contributed by atoms with Crippen LogP contribution < -0.4 is 0 Å². The molecule has 120 valence electrons. The lowest BCUT2D eigenvalue weighted by Gasteiger charge is -2.13. The number of hydrogen-bond donors (Lipinski definition) is 0. The summed E-state index contributed by atoms with van der Waals surface area (Å²) in [6.07, 6.45) is 1.07. The first kappa shape index (κ1) is 16.0. The zero-order chi connectivity index (χ0) is 16.4. The highest BCUT2D eigenvalue weighted by atomic mass is 35.5. The van der Waals surface area contributed by atoms with Crippen LogP contribution in [-0.4, -0.2) is 35.1 Å². The molecule has 1 aromatic heterocycles. The van der Waals surface area contributed by atoms with Crippen LogP contribution in [0.5, 0.6) is 0 Å². The van der Waals surface area contributed by atoms with Crippen LogP contribution in [0.25, 0.3) is 22.4 Å². The van der Waals surface area contributed by atoms with E-state index in [1.54, 1.807) is 0 Å². The molecule has 0 aliphatic carbocycles. The van der Waals surface area contributed by atoms with Gasteiger partial charge in [0.05, 0.1) is 11.0 Å². The van der Waals surface area contributed by atoms with Crippen LogP contribution in [0.1, 0.15) is 12.0 Å². The largest absolute Gasteiger partial charge is 0.324 e. The zero-order valence-corrected chi connectivity index (χ0v) is 14.6. The first-order valence-electron chi connectivity index (χ1n) is 7.92. The Hall–Kier alpha value is -1.84. The number of rotatable bonds is 5. The van der Waals surface area contributed by atoms with Gasteiger partial charge in [0.2, 0.25) is 0 Å². The lowest BCUT2D eigenvalue weighted by atomic mass is 10.1. The SMILES string of the molecule is Cc1cccc(-c2nc3ccc(Cl)cc3n2CCCN(C)C)c1. The maximum Gasteiger partial charge on any atom is 0.141 e. The van der Waals surface area contributed by atoms with Crippen molar-refractivity contribution in [1.29, 1.82) is 0 Å². The third-order valence-corrected chi connectivity index (χ3v) is 4.21. The Labute approximate surface area is 142 Å². The Morgan fingerprint density at radius 2 is 1.96 bits per heavy atom. The molecule has 1 heterocycles. The number of aryl methyl sites for hydroxylation is 2. The Morgan fingerprint density at radius 1 is 1.13 bits per heavy atom. The molecule has 0 saturated carbocycles. The monoisotopic (exact) mass is 327 g/mol. The van der Waals surface area contributed by atoms with Crippen LogP contribution in [0.4, 0.5) is 0 Å². The fraction of sp³-hybridized carbons (Fsp3) is 0.316. The fourth-order valence-corrected chi connectivity index (χ4v) is 3.04. The first-order chi connectivity index (χ1) is 11.0. The molecule has 0 atom stereocenters. The molecule has 3 aromatic rings. The summed E-state index contributed by atoms with van der Waals surface area (Å²) >= 11 is 6.21. The average Bonchev–Trinajstić information content (AvgIpc) is 2.85. The van der Waals surface area contributed by atoms with E-state index in [2.05, 4.69) is 54.8 Å². The van der Waals surface area contributed by atoms with Gasteiger partial charge in [0.1, 0.15) is 5.82 Å². The van der Waals surface area contributed by atoms with Crippen molar-refractivity contribution in [2.24, 2.45) is 0 Å². The quantitative estimate of drug-likeness (QED) is 0.682. The van der Waals surface area contributed by atoms with Crippen LogP contribution in [0, 0.1) is 6.92 Å². The van der Waals surface area contributed by atoms with E-state index in [4.69, 9.17) is 16.6 Å². The molecule has 0 spiro atoms. The lowest BCUT2D eigenvalue weighted by molar-refractivity contribution is 0.388. The number of nitrogens with zero attached hydrogens (tertiary/aromatic N) is 3. The second-order valence-electron chi connectivity index (χ2n) is 6.25. The van der Waals surface area contributed by atoms with E-state index in [1.807, 2.05) is 18.2 Å². The average molecular weight is 328 g/mol. The minimum Gasteiger partial charge on any atom is -0.324 e. The second-order valence-corrected chi connectivity index (χ2v) is 6.68. The molecular weight excluding hydrogens is 306 g/mol. The molecule has 0 amide bonds. The van der Waals surface area contributed by atoms with Crippen molar-refractivity contribution in [1.82, 2.24) is 14.5 Å². The Morgan fingerprint density at radius 3 is 2.70 bits per heavy atom. The fourth-order valence-electron chi connectivity index (χ4n) is 2.87. The summed E-state index contributed by atoms with van der Waals surface area (Å²) in [5.74, 6) is 1.02. The van der Waals surface area contributed by atoms with Crippen molar-refractivity contribution in [3.63, 3.8) is 0 Å². The molecule has 0 fully saturated rings. The third kappa shape index (κ3) is 3.57. The van der Waals surface area contributed by atoms with Crippen molar-refractivity contribution in [3.05, 3.63) is 53.1 Å². The van der Waals surface area contributed by atoms with Crippen molar-refractivity contribution < 1.29 is 0 Å². The van der Waals surface area contributed by atoms with E-state index in [9.17, 15) is 0 Å². The van der Waals surface area contributed by atoms with Gasteiger partial charge in [-0.05, 0) is 58.3 Å². The summed E-state index contributed by atoms with van der Waals surface area (Å²) in [6, 6.07) is 14.4. The zero-order valence-electron chi connectivity index (χ0n) is 13.9. The van der Waals surface area contributed by atoms with E-state index in [-0.39, 0.29) is 0 Å². The molecule has 0 unspecified atom stereocenters. The minimum absolute atomic E-state index is 0.752. The van der Waals surface area contributed by atoms with Gasteiger partial charge in [-0.25, -0.2) is 4.98 Å². The van der Waals surface area contributed by atoms with Gasteiger partial charge in [-0.1, -0.05) is 35.4 Å². The van der Waals surface area contributed by atoms with Crippen LogP contribution in [0.2, 0.25) is 5.02 Å². The number of fused-ring (bicyclic) bond motifs is 1. The summed E-state index contributed by atoms with van der Waals surface area (Å²) in [6.45, 7) is 4.09. The highest BCUT2D eigenvalue weighted by Crippen LogP contribution is 2.27. The van der Waals surface area contributed by atoms with Crippen molar-refractivity contribution in [3.8, 4) is 11.4 Å². The van der Waals surface area contributed by atoms with Crippen LogP contribution in [0.3, 0.4) is 0 Å². The van der Waals surface area contributed by atoms with Crippen LogP contribution in [-0.2, 0) is 6.54 Å². The Bertz CT molecular complexity index is 821. The van der Waals surface area contributed by atoms with E-state index in [1.165, 1.54) is 5.56 Å². The number of benzene rings is 2. The number of aromatic nitrogens is 2. The minimum atomic E-state index is 0.752. The molecule has 2 aromatic carbocycles. The number of hydrogen-bond acceptors (Lipinski definition) is 2. The van der Waals surface area contributed by atoms with Gasteiger partial charge in [-0.2, -0.15) is 0 Å². The summed E-state index contributed by atoms with van der Waals surface area (Å²) in [4.78, 5) is 7.06. The van der Waals surface area contributed by atoms with Gasteiger partial charge in [0.25, 0.3) is 0 Å². The van der Waals surface area contributed by atoms with E-state index in [0.717, 1.165) is 47.0 Å². The molecule has 4 heteroatoms. The van der Waals surface area contributed by atoms with E-state index < -0.39 is 0 Å². The van der Waals surface area contributed by atoms with Crippen molar-refractivity contribution in [2.75, 3.05) is 20.6 Å². The summed E-state index contributed by atoms with van der Waals surface area (Å²) in [5.41, 5.74) is 4.50. The summed E-state index contributed by atoms with van der Waals surface area (Å²) in [5, 5.41) is 0.752. The predicted octanol–water partition coefficient (Wildman–Crippen LogP) is 4.62. The van der Waals surface area contributed by atoms with E-state index in [0.29, 0.717) is 0 Å². The third-order valence-electron chi connectivity index (χ3n) is 3.97. The molecule has 0 aliphatic rings. The van der Waals surface area contributed by atoms with Gasteiger partial charge in [-0.3, -0.25) is 0 Å². The standard InChI is InChI=1S/C19H22ClN3/c1-14-6-4-7-15(12-14)19-21-17-9-8-16(20)13-18(17)23(19)11-5-10-22(2)3/h4,6-9,12-13H,5,10-11H2,1-3H3. The number of halogens is 1.